The van der Waals surface area contributed by atoms with E-state index >= 15 is 0 Å². The fraction of sp³-hybridized carbons (Fsp3) is 0.636. The van der Waals surface area contributed by atoms with Crippen molar-refractivity contribution >= 4 is 17.4 Å². The fourth-order valence-electron chi connectivity index (χ4n) is 1.83. The van der Waals surface area contributed by atoms with Crippen molar-refractivity contribution in [2.45, 2.75) is 45.1 Å². The Morgan fingerprint density at radius 2 is 2.20 bits per heavy atom. The summed E-state index contributed by atoms with van der Waals surface area (Å²) in [5, 5.41) is 3.96. The summed E-state index contributed by atoms with van der Waals surface area (Å²) in [6.45, 7) is 4.25. The number of nitrogens with zero attached hydrogens (tertiary/aromatic N) is 2. The molecule has 82 valence electrons. The highest BCUT2D eigenvalue weighted by molar-refractivity contribution is 6.29. The van der Waals surface area contributed by atoms with Gasteiger partial charge in [0.2, 0.25) is 0 Å². The minimum atomic E-state index is 0.211. The third-order valence-electron chi connectivity index (χ3n) is 2.94. The number of nitrogens with one attached hydrogen (secondary N) is 1. The second kappa shape index (κ2) is 3.97. The molecular weight excluding hydrogens is 210 g/mol. The smallest absolute Gasteiger partial charge is 0.134 e. The first-order valence-corrected chi connectivity index (χ1v) is 5.81. The number of anilines is 1. The molecule has 2 rings (SSSR count). The topological polar surface area (TPSA) is 37.8 Å². The number of hydrogen-bond acceptors (Lipinski definition) is 3. The van der Waals surface area contributed by atoms with Gasteiger partial charge in [-0.05, 0) is 26.2 Å². The van der Waals surface area contributed by atoms with Crippen molar-refractivity contribution in [2.75, 3.05) is 5.32 Å². The lowest BCUT2D eigenvalue weighted by Gasteiger charge is -2.39. The molecule has 1 aliphatic rings. The summed E-state index contributed by atoms with van der Waals surface area (Å²) >= 11 is 5.93. The quantitative estimate of drug-likeness (QED) is 0.804. The van der Waals surface area contributed by atoms with Gasteiger partial charge in [0, 0.05) is 18.0 Å². The summed E-state index contributed by atoms with van der Waals surface area (Å²) in [4.78, 5) is 8.55. The lowest BCUT2D eigenvalue weighted by Crippen LogP contribution is -2.41. The predicted octanol–water partition coefficient (Wildman–Crippen LogP) is 3.05. The lowest BCUT2D eigenvalue weighted by atomic mass is 9.78. The molecule has 1 aromatic rings. The third-order valence-corrected chi connectivity index (χ3v) is 3.14. The molecule has 0 saturated heterocycles. The average molecular weight is 226 g/mol. The third kappa shape index (κ3) is 2.40. The van der Waals surface area contributed by atoms with Gasteiger partial charge in [-0.1, -0.05) is 18.5 Å². The zero-order chi connectivity index (χ0) is 10.9. The Kier molecular flexibility index (Phi) is 2.83. The molecule has 15 heavy (non-hydrogen) atoms. The van der Waals surface area contributed by atoms with Gasteiger partial charge in [0.05, 0.1) is 0 Å². The summed E-state index contributed by atoms with van der Waals surface area (Å²) in [5.41, 5.74) is 0.211. The maximum atomic E-state index is 5.93. The van der Waals surface area contributed by atoms with E-state index in [9.17, 15) is 0 Å². The van der Waals surface area contributed by atoms with E-state index in [1.54, 1.807) is 6.07 Å². The normalized spacial score (nSPS) is 18.3. The molecule has 0 aromatic carbocycles. The summed E-state index contributed by atoms with van der Waals surface area (Å²) in [7, 11) is 0. The van der Waals surface area contributed by atoms with Crippen LogP contribution in [-0.4, -0.2) is 15.5 Å². The van der Waals surface area contributed by atoms with Crippen LogP contribution in [0.3, 0.4) is 0 Å². The Bertz CT molecular complexity index is 361. The maximum absolute atomic E-state index is 5.93. The van der Waals surface area contributed by atoms with Gasteiger partial charge in [-0.15, -0.1) is 0 Å². The van der Waals surface area contributed by atoms with Crippen LogP contribution in [0.25, 0.3) is 0 Å². The predicted molar refractivity (Wildman–Crippen MR) is 62.3 cm³/mol. The average Bonchev–Trinajstić information content (AvgIpc) is 2.14. The number of aryl methyl sites for hydroxylation is 1. The van der Waals surface area contributed by atoms with Crippen molar-refractivity contribution in [1.29, 1.82) is 0 Å². The molecule has 4 heteroatoms. The van der Waals surface area contributed by atoms with Crippen LogP contribution >= 0.6 is 11.6 Å². The Morgan fingerprint density at radius 3 is 2.73 bits per heavy atom. The van der Waals surface area contributed by atoms with Crippen LogP contribution in [0, 0.1) is 0 Å². The van der Waals surface area contributed by atoms with Crippen molar-refractivity contribution in [2.24, 2.45) is 0 Å². The summed E-state index contributed by atoms with van der Waals surface area (Å²) < 4.78 is 0. The molecule has 0 aliphatic heterocycles. The van der Waals surface area contributed by atoms with Crippen LogP contribution in [0.4, 0.5) is 5.82 Å². The molecule has 1 N–H and O–H groups in total. The highest BCUT2D eigenvalue weighted by Crippen LogP contribution is 2.34. The van der Waals surface area contributed by atoms with E-state index < -0.39 is 0 Å². The summed E-state index contributed by atoms with van der Waals surface area (Å²) in [5.74, 6) is 1.65. The van der Waals surface area contributed by atoms with Gasteiger partial charge in [0.1, 0.15) is 16.8 Å². The van der Waals surface area contributed by atoms with Crippen molar-refractivity contribution in [3.63, 3.8) is 0 Å². The van der Waals surface area contributed by atoms with Crippen molar-refractivity contribution in [1.82, 2.24) is 9.97 Å². The van der Waals surface area contributed by atoms with Crippen molar-refractivity contribution in [3.05, 3.63) is 17.0 Å². The molecular formula is C11H16ClN3. The Hall–Kier alpha value is -0.830. The molecule has 1 aliphatic carbocycles. The van der Waals surface area contributed by atoms with Gasteiger partial charge in [0.25, 0.3) is 0 Å². The van der Waals surface area contributed by atoms with Gasteiger partial charge >= 0.3 is 0 Å². The SMILES string of the molecule is CCc1nc(Cl)cc(NC2(C)CCC2)n1. The maximum Gasteiger partial charge on any atom is 0.134 e. The van der Waals surface area contributed by atoms with Crippen LogP contribution in [-0.2, 0) is 6.42 Å². The van der Waals surface area contributed by atoms with E-state index in [0.29, 0.717) is 5.15 Å². The van der Waals surface area contributed by atoms with Crippen LogP contribution in [0.15, 0.2) is 6.07 Å². The molecule has 0 radical (unpaired) electrons. The van der Waals surface area contributed by atoms with Gasteiger partial charge in [0.15, 0.2) is 0 Å². The molecule has 0 bridgehead atoms. The molecule has 1 fully saturated rings. The zero-order valence-electron chi connectivity index (χ0n) is 9.18. The minimum absolute atomic E-state index is 0.211. The molecule has 3 nitrogen and oxygen atoms in total. The van der Waals surface area contributed by atoms with Crippen LogP contribution in [0.5, 0.6) is 0 Å². The number of rotatable bonds is 3. The molecule has 1 aromatic heterocycles. The van der Waals surface area contributed by atoms with Gasteiger partial charge < -0.3 is 5.32 Å². The minimum Gasteiger partial charge on any atom is -0.365 e. The largest absolute Gasteiger partial charge is 0.365 e. The lowest BCUT2D eigenvalue weighted by molar-refractivity contribution is 0.305. The van der Waals surface area contributed by atoms with Crippen LogP contribution in [0.2, 0.25) is 5.15 Å². The standard InChI is InChI=1S/C11H16ClN3/c1-3-9-13-8(12)7-10(14-9)15-11(2)5-4-6-11/h7H,3-6H2,1-2H3,(H,13,14,15). The molecule has 0 atom stereocenters. The summed E-state index contributed by atoms with van der Waals surface area (Å²) in [6, 6.07) is 1.80. The Morgan fingerprint density at radius 1 is 1.47 bits per heavy atom. The number of halogens is 1. The highest BCUT2D eigenvalue weighted by atomic mass is 35.5. The Labute approximate surface area is 95.3 Å². The van der Waals surface area contributed by atoms with E-state index in [1.165, 1.54) is 19.3 Å². The van der Waals surface area contributed by atoms with Gasteiger partial charge in [-0.25, -0.2) is 9.97 Å². The van der Waals surface area contributed by atoms with E-state index in [-0.39, 0.29) is 5.54 Å². The zero-order valence-corrected chi connectivity index (χ0v) is 9.93. The van der Waals surface area contributed by atoms with Crippen LogP contribution < -0.4 is 5.32 Å². The van der Waals surface area contributed by atoms with Crippen LogP contribution in [0.1, 0.15) is 38.9 Å². The van der Waals surface area contributed by atoms with E-state index in [2.05, 4.69) is 22.2 Å². The van der Waals surface area contributed by atoms with Gasteiger partial charge in [-0.2, -0.15) is 0 Å². The Balaban J connectivity index is 2.16. The first-order valence-electron chi connectivity index (χ1n) is 5.43. The number of aromatic nitrogens is 2. The van der Waals surface area contributed by atoms with Gasteiger partial charge in [-0.3, -0.25) is 0 Å². The fourth-order valence-corrected chi connectivity index (χ4v) is 2.03. The van der Waals surface area contributed by atoms with Crippen molar-refractivity contribution < 1.29 is 0 Å². The number of hydrogen-bond donors (Lipinski definition) is 1. The molecule has 0 amide bonds. The van der Waals surface area contributed by atoms with E-state index in [4.69, 9.17) is 11.6 Å². The highest BCUT2D eigenvalue weighted by Gasteiger charge is 2.31. The van der Waals surface area contributed by atoms with E-state index in [0.717, 1.165) is 18.1 Å². The molecule has 1 saturated carbocycles. The first-order chi connectivity index (χ1) is 7.11. The molecule has 1 heterocycles. The second-order valence-electron chi connectivity index (χ2n) is 4.38. The van der Waals surface area contributed by atoms with E-state index in [1.807, 2.05) is 6.92 Å². The molecule has 0 spiro atoms. The second-order valence-corrected chi connectivity index (χ2v) is 4.77. The molecule has 0 unspecified atom stereocenters. The monoisotopic (exact) mass is 225 g/mol. The summed E-state index contributed by atoms with van der Waals surface area (Å²) in [6.07, 6.45) is 4.51. The van der Waals surface area contributed by atoms with Crippen molar-refractivity contribution in [3.8, 4) is 0 Å². The first kappa shape index (κ1) is 10.7.